The van der Waals surface area contributed by atoms with Crippen molar-refractivity contribution in [1.82, 2.24) is 19.9 Å². The number of fused-ring (bicyclic) bond motifs is 6. The standard InChI is InChI=1S/C24H6N10/c1-28-16(7-26)19-12-4-14-23(31-9-11(6-25)33-14)21(12)20(17(8-27)29-2)13-5-15-24(22(13)19)32-10-18(30-3)34-15/h9-10H,4-5H2/b19-16-,20-17+. The summed E-state index contributed by atoms with van der Waals surface area (Å²) >= 11 is 0. The van der Waals surface area contributed by atoms with E-state index in [9.17, 15) is 15.8 Å². The maximum Gasteiger partial charge on any atom is 0.288 e. The molecule has 10 nitrogen and oxygen atoms in total. The van der Waals surface area contributed by atoms with Gasteiger partial charge in [0, 0.05) is 34.4 Å². The minimum absolute atomic E-state index is 0.0896. The average Bonchev–Trinajstić information content (AvgIpc) is 3.43. The Balaban J connectivity index is 2.08. The molecular weight excluding hydrogens is 428 g/mol. The summed E-state index contributed by atoms with van der Waals surface area (Å²) in [7, 11) is 0. The van der Waals surface area contributed by atoms with E-state index >= 15 is 0 Å². The number of hydrogen-bond donors (Lipinski definition) is 0. The minimum atomic E-state index is -0.183. The lowest BCUT2D eigenvalue weighted by molar-refractivity contribution is 1.06. The quantitative estimate of drug-likeness (QED) is 0.340. The van der Waals surface area contributed by atoms with Gasteiger partial charge in [0.2, 0.25) is 0 Å². The van der Waals surface area contributed by atoms with Gasteiger partial charge in [0.15, 0.2) is 11.4 Å². The molecule has 0 aliphatic heterocycles. The van der Waals surface area contributed by atoms with Crippen LogP contribution in [0.15, 0.2) is 12.4 Å². The van der Waals surface area contributed by atoms with Crippen molar-refractivity contribution in [2.24, 2.45) is 0 Å². The fourth-order valence-corrected chi connectivity index (χ4v) is 4.48. The first kappa shape index (κ1) is 20.0. The van der Waals surface area contributed by atoms with Gasteiger partial charge in [-0.25, -0.2) is 25.2 Å². The van der Waals surface area contributed by atoms with Gasteiger partial charge in [-0.1, -0.05) is 6.57 Å². The summed E-state index contributed by atoms with van der Waals surface area (Å²) in [6.07, 6.45) is 2.93. The Kier molecular flexibility index (Phi) is 4.31. The van der Waals surface area contributed by atoms with Crippen molar-refractivity contribution in [2.45, 2.75) is 12.8 Å². The van der Waals surface area contributed by atoms with E-state index in [4.69, 9.17) is 19.7 Å². The highest BCUT2D eigenvalue weighted by Crippen LogP contribution is 2.38. The zero-order chi connectivity index (χ0) is 24.0. The van der Waals surface area contributed by atoms with Crippen LogP contribution in [0.4, 0.5) is 5.82 Å². The highest BCUT2D eigenvalue weighted by molar-refractivity contribution is 5.90. The average molecular weight is 434 g/mol. The first-order valence-electron chi connectivity index (χ1n) is 9.61. The molecule has 2 heterocycles. The van der Waals surface area contributed by atoms with Crippen LogP contribution in [0.2, 0.25) is 0 Å². The van der Waals surface area contributed by atoms with Gasteiger partial charge in [-0.2, -0.15) is 5.26 Å². The Bertz CT molecular complexity index is 1700. The molecule has 2 aliphatic carbocycles. The number of rotatable bonds is 0. The van der Waals surface area contributed by atoms with Gasteiger partial charge in [-0.15, -0.1) is 4.98 Å². The monoisotopic (exact) mass is 434 g/mol. The molecule has 0 spiro atoms. The van der Waals surface area contributed by atoms with Gasteiger partial charge >= 0.3 is 0 Å². The fraction of sp³-hybridized carbons (Fsp3) is 0.0833. The third-order valence-electron chi connectivity index (χ3n) is 5.68. The molecule has 0 bridgehead atoms. The molecule has 34 heavy (non-hydrogen) atoms. The topological polar surface area (TPSA) is 136 Å². The normalized spacial score (nSPS) is 13.2. The Labute approximate surface area is 192 Å². The molecule has 5 rings (SSSR count). The van der Waals surface area contributed by atoms with Gasteiger partial charge in [0.1, 0.15) is 11.8 Å². The number of hydrogen-bond acceptors (Lipinski definition) is 7. The summed E-state index contributed by atoms with van der Waals surface area (Å²) < 4.78 is 0. The highest BCUT2D eigenvalue weighted by Gasteiger charge is 2.35. The lowest BCUT2D eigenvalue weighted by Gasteiger charge is -2.11. The molecule has 0 amide bonds. The van der Waals surface area contributed by atoms with E-state index in [-0.39, 0.29) is 35.7 Å². The molecule has 2 aliphatic rings. The van der Waals surface area contributed by atoms with E-state index in [1.807, 2.05) is 18.2 Å². The van der Waals surface area contributed by atoms with Gasteiger partial charge in [-0.05, 0) is 11.1 Å². The number of aromatic nitrogens is 4. The van der Waals surface area contributed by atoms with E-state index in [2.05, 4.69) is 34.5 Å². The molecule has 152 valence electrons. The summed E-state index contributed by atoms with van der Waals surface area (Å²) in [6, 6.07) is 5.84. The number of nitrogens with zero attached hydrogens (tertiary/aromatic N) is 10. The Hall–Kier alpha value is -5.94. The predicted octanol–water partition coefficient (Wildman–Crippen LogP) is 1.93. The van der Waals surface area contributed by atoms with E-state index in [1.54, 1.807) is 0 Å². The molecule has 2 aromatic heterocycles. The van der Waals surface area contributed by atoms with Crippen LogP contribution in [0.25, 0.3) is 48.4 Å². The van der Waals surface area contributed by atoms with Gasteiger partial charge in [0.25, 0.3) is 17.2 Å². The third kappa shape index (κ3) is 2.55. The summed E-state index contributed by atoms with van der Waals surface area (Å²) in [5.41, 5.74) is 3.39. The Morgan fingerprint density at radius 2 is 1.32 bits per heavy atom. The van der Waals surface area contributed by atoms with Crippen LogP contribution < -0.4 is 10.4 Å². The second kappa shape index (κ2) is 7.33. The first-order chi connectivity index (χ1) is 16.6. The molecule has 0 saturated heterocycles. The molecule has 1 aromatic carbocycles. The summed E-state index contributed by atoms with van der Waals surface area (Å²) in [5.74, 6) is 0.0896. The fourth-order valence-electron chi connectivity index (χ4n) is 4.48. The van der Waals surface area contributed by atoms with Gasteiger partial charge in [-0.3, -0.25) is 9.97 Å². The largest absolute Gasteiger partial charge is 0.359 e. The summed E-state index contributed by atoms with van der Waals surface area (Å²) in [6.45, 7) is 22.5. The Morgan fingerprint density at radius 1 is 0.794 bits per heavy atom. The zero-order valence-corrected chi connectivity index (χ0v) is 17.0. The van der Waals surface area contributed by atoms with Crippen LogP contribution in [0.3, 0.4) is 0 Å². The molecule has 0 fully saturated rings. The molecule has 0 unspecified atom stereocenters. The maximum absolute atomic E-state index is 9.79. The highest BCUT2D eigenvalue weighted by atomic mass is 14.9. The van der Waals surface area contributed by atoms with Crippen LogP contribution in [0, 0.1) is 53.7 Å². The molecule has 0 N–H and O–H groups in total. The molecule has 0 atom stereocenters. The minimum Gasteiger partial charge on any atom is -0.359 e. The van der Waals surface area contributed by atoms with Crippen LogP contribution in [0.1, 0.15) is 28.2 Å². The molecular formula is C24H6N10. The predicted molar refractivity (Wildman–Crippen MR) is 116 cm³/mol. The first-order valence-corrected chi connectivity index (χ1v) is 9.61. The van der Waals surface area contributed by atoms with Gasteiger partial charge < -0.3 is 4.85 Å². The summed E-state index contributed by atoms with van der Waals surface area (Å²) in [5, 5.41) is 29.5. The van der Waals surface area contributed by atoms with Crippen LogP contribution in [-0.4, -0.2) is 19.9 Å². The lowest BCUT2D eigenvalue weighted by atomic mass is 9.92. The van der Waals surface area contributed by atoms with Crippen molar-refractivity contribution < 1.29 is 0 Å². The van der Waals surface area contributed by atoms with Gasteiger partial charge in [0.05, 0.1) is 49.1 Å². The number of benzene rings is 1. The third-order valence-corrected chi connectivity index (χ3v) is 5.68. The van der Waals surface area contributed by atoms with Crippen molar-refractivity contribution in [3.63, 3.8) is 0 Å². The smallest absolute Gasteiger partial charge is 0.288 e. The van der Waals surface area contributed by atoms with Crippen molar-refractivity contribution >= 4 is 17.2 Å². The van der Waals surface area contributed by atoms with E-state index in [1.165, 1.54) is 12.4 Å². The van der Waals surface area contributed by atoms with E-state index in [0.29, 0.717) is 55.5 Å². The lowest BCUT2D eigenvalue weighted by Crippen LogP contribution is -2.26. The summed E-state index contributed by atoms with van der Waals surface area (Å²) in [4.78, 5) is 27.6. The Morgan fingerprint density at radius 3 is 1.79 bits per heavy atom. The molecule has 10 heteroatoms. The van der Waals surface area contributed by atoms with E-state index < -0.39 is 0 Å². The number of nitriles is 3. The van der Waals surface area contributed by atoms with Crippen molar-refractivity contribution in [3.8, 4) is 40.7 Å². The van der Waals surface area contributed by atoms with Crippen LogP contribution >= 0.6 is 0 Å². The van der Waals surface area contributed by atoms with Crippen LogP contribution in [-0.2, 0) is 12.8 Å². The second-order valence-electron chi connectivity index (χ2n) is 7.25. The van der Waals surface area contributed by atoms with Crippen molar-refractivity contribution in [2.75, 3.05) is 0 Å². The molecule has 0 saturated carbocycles. The van der Waals surface area contributed by atoms with E-state index in [0.717, 1.165) is 0 Å². The zero-order valence-electron chi connectivity index (χ0n) is 17.0. The van der Waals surface area contributed by atoms with Crippen LogP contribution in [0.5, 0.6) is 0 Å². The maximum atomic E-state index is 9.79. The van der Waals surface area contributed by atoms with Crippen molar-refractivity contribution in [1.29, 1.82) is 15.8 Å². The molecule has 0 radical (unpaired) electrons. The SMILES string of the molecule is [C-]#[N+]/C(C#N)=c1/c2c(/c(=C(\C#N)[N+]#[C-])c3c1-c1ncc([N+]#[C-])nc1C3)-c1ncc(C#N)nc1C2. The molecule has 3 aromatic rings. The van der Waals surface area contributed by atoms with Crippen molar-refractivity contribution in [3.05, 3.63) is 85.3 Å². The second-order valence-corrected chi connectivity index (χ2v) is 7.25.